The summed E-state index contributed by atoms with van der Waals surface area (Å²) in [4.78, 5) is 0. The highest BCUT2D eigenvalue weighted by Gasteiger charge is 2.53. The topological polar surface area (TPSA) is 43.6 Å². The lowest BCUT2D eigenvalue weighted by molar-refractivity contribution is -0.0520. The van der Waals surface area contributed by atoms with Crippen molar-refractivity contribution in [2.45, 2.75) is 63.8 Å². The van der Waals surface area contributed by atoms with Gasteiger partial charge in [-0.25, -0.2) is 4.68 Å². The molecule has 1 heterocycles. The summed E-state index contributed by atoms with van der Waals surface area (Å²) >= 11 is 0. The average Bonchev–Trinajstić information content (AvgIpc) is 2.76. The minimum atomic E-state index is 0.276. The first kappa shape index (κ1) is 10.9. The first-order valence-electron chi connectivity index (χ1n) is 7.45. The van der Waals surface area contributed by atoms with E-state index < -0.39 is 0 Å². The molecule has 98 valence electrons. The van der Waals surface area contributed by atoms with Crippen LogP contribution in [0, 0.1) is 17.8 Å². The molecule has 4 fully saturated rings. The van der Waals surface area contributed by atoms with Crippen molar-refractivity contribution < 1.29 is 0 Å². The van der Waals surface area contributed by atoms with E-state index in [9.17, 15) is 0 Å². The van der Waals surface area contributed by atoms with E-state index >= 15 is 0 Å². The van der Waals surface area contributed by atoms with Crippen LogP contribution in [0.15, 0.2) is 0 Å². The molecule has 5 rings (SSSR count). The molecule has 0 atom stereocenters. The normalized spacial score (nSPS) is 41.8. The summed E-state index contributed by atoms with van der Waals surface area (Å²) in [6.45, 7) is 4.39. The van der Waals surface area contributed by atoms with E-state index in [1.54, 1.807) is 0 Å². The predicted molar refractivity (Wildman–Crippen MR) is 68.1 cm³/mol. The Morgan fingerprint density at radius 1 is 1.06 bits per heavy atom. The van der Waals surface area contributed by atoms with Crippen molar-refractivity contribution in [3.8, 4) is 0 Å². The van der Waals surface area contributed by atoms with Gasteiger partial charge in [0.05, 0.1) is 5.54 Å². The highest BCUT2D eigenvalue weighted by Crippen LogP contribution is 2.58. The van der Waals surface area contributed by atoms with Gasteiger partial charge in [-0.05, 0) is 66.7 Å². The van der Waals surface area contributed by atoms with Crippen molar-refractivity contribution in [1.29, 1.82) is 0 Å². The van der Waals surface area contributed by atoms with Gasteiger partial charge in [0.15, 0.2) is 5.82 Å². The van der Waals surface area contributed by atoms with E-state index in [0.29, 0.717) is 5.92 Å². The summed E-state index contributed by atoms with van der Waals surface area (Å²) in [7, 11) is 0. The molecule has 0 N–H and O–H groups in total. The number of aromatic nitrogens is 4. The molecule has 4 aliphatic carbocycles. The SMILES string of the molecule is CC(C)c1nnnn1C12CC3CC(CC(C3)C1)C2. The third-order valence-corrected chi connectivity index (χ3v) is 5.47. The number of rotatable bonds is 2. The highest BCUT2D eigenvalue weighted by atomic mass is 15.6. The van der Waals surface area contributed by atoms with Crippen LogP contribution in [0.3, 0.4) is 0 Å². The van der Waals surface area contributed by atoms with Gasteiger partial charge in [0.1, 0.15) is 0 Å². The number of hydrogen-bond acceptors (Lipinski definition) is 3. The fourth-order valence-electron chi connectivity index (χ4n) is 5.22. The van der Waals surface area contributed by atoms with Gasteiger partial charge < -0.3 is 0 Å². The Morgan fingerprint density at radius 2 is 1.61 bits per heavy atom. The molecule has 4 bridgehead atoms. The lowest BCUT2D eigenvalue weighted by atomic mass is 9.53. The Labute approximate surface area is 108 Å². The van der Waals surface area contributed by atoms with E-state index in [0.717, 1.165) is 23.6 Å². The number of nitrogens with zero attached hydrogens (tertiary/aromatic N) is 4. The van der Waals surface area contributed by atoms with Crippen LogP contribution in [0.1, 0.15) is 64.1 Å². The van der Waals surface area contributed by atoms with Crippen LogP contribution < -0.4 is 0 Å². The summed E-state index contributed by atoms with van der Waals surface area (Å²) in [5.74, 6) is 4.35. The molecular formula is C14H22N4. The van der Waals surface area contributed by atoms with Crippen molar-refractivity contribution in [2.24, 2.45) is 17.8 Å². The van der Waals surface area contributed by atoms with Gasteiger partial charge in [-0.15, -0.1) is 5.10 Å². The van der Waals surface area contributed by atoms with Gasteiger partial charge in [-0.1, -0.05) is 13.8 Å². The minimum Gasteiger partial charge on any atom is -0.223 e. The zero-order valence-corrected chi connectivity index (χ0v) is 11.3. The molecule has 0 amide bonds. The fraction of sp³-hybridized carbons (Fsp3) is 0.929. The second-order valence-corrected chi connectivity index (χ2v) is 7.25. The van der Waals surface area contributed by atoms with Crippen molar-refractivity contribution in [1.82, 2.24) is 20.2 Å². The Kier molecular flexibility index (Phi) is 2.16. The number of hydrogen-bond donors (Lipinski definition) is 0. The molecule has 0 unspecified atom stereocenters. The van der Waals surface area contributed by atoms with Crippen molar-refractivity contribution in [3.05, 3.63) is 5.82 Å². The van der Waals surface area contributed by atoms with E-state index in [1.165, 1.54) is 38.5 Å². The first-order valence-corrected chi connectivity index (χ1v) is 7.45. The maximum atomic E-state index is 4.38. The van der Waals surface area contributed by atoms with Crippen LogP contribution in [-0.2, 0) is 5.54 Å². The van der Waals surface area contributed by atoms with Gasteiger partial charge in [0, 0.05) is 5.92 Å². The Balaban J connectivity index is 1.77. The van der Waals surface area contributed by atoms with Crippen molar-refractivity contribution >= 4 is 0 Å². The highest BCUT2D eigenvalue weighted by molar-refractivity contribution is 5.07. The standard InChI is InChI=1S/C14H22N4/c1-9(2)13-15-16-17-18(13)14-6-10-3-11(7-14)5-12(4-10)8-14/h9-12H,3-8H2,1-2H3. The zero-order chi connectivity index (χ0) is 12.3. The zero-order valence-electron chi connectivity index (χ0n) is 11.3. The Hall–Kier alpha value is -0.930. The van der Waals surface area contributed by atoms with Crippen LogP contribution in [0.4, 0.5) is 0 Å². The first-order chi connectivity index (χ1) is 8.66. The summed E-state index contributed by atoms with van der Waals surface area (Å²) in [6.07, 6.45) is 8.38. The monoisotopic (exact) mass is 246 g/mol. The molecule has 4 heteroatoms. The summed E-state index contributed by atoms with van der Waals surface area (Å²) in [6, 6.07) is 0. The molecule has 0 radical (unpaired) electrons. The van der Waals surface area contributed by atoms with Crippen molar-refractivity contribution in [3.63, 3.8) is 0 Å². The smallest absolute Gasteiger partial charge is 0.154 e. The van der Waals surface area contributed by atoms with Crippen LogP contribution >= 0.6 is 0 Å². The van der Waals surface area contributed by atoms with Gasteiger partial charge in [-0.3, -0.25) is 0 Å². The molecule has 0 aliphatic heterocycles. The van der Waals surface area contributed by atoms with Crippen LogP contribution in [0.2, 0.25) is 0 Å². The second kappa shape index (κ2) is 3.55. The summed E-state index contributed by atoms with van der Waals surface area (Å²) < 4.78 is 2.22. The second-order valence-electron chi connectivity index (χ2n) is 7.25. The molecule has 1 aromatic rings. The third kappa shape index (κ3) is 1.41. The maximum Gasteiger partial charge on any atom is 0.154 e. The van der Waals surface area contributed by atoms with Crippen LogP contribution in [0.25, 0.3) is 0 Å². The van der Waals surface area contributed by atoms with Gasteiger partial charge >= 0.3 is 0 Å². The molecule has 1 aromatic heterocycles. The molecule has 0 spiro atoms. The molecule has 0 saturated heterocycles. The van der Waals surface area contributed by atoms with Crippen LogP contribution in [-0.4, -0.2) is 20.2 Å². The molecule has 0 aromatic carbocycles. The van der Waals surface area contributed by atoms with E-state index in [2.05, 4.69) is 34.1 Å². The molecule has 4 aliphatic rings. The predicted octanol–water partition coefficient (Wildman–Crippen LogP) is 2.72. The Bertz CT molecular complexity index is 427. The lowest BCUT2D eigenvalue weighted by Gasteiger charge is -2.56. The molecular weight excluding hydrogens is 224 g/mol. The fourth-order valence-corrected chi connectivity index (χ4v) is 5.22. The molecule has 18 heavy (non-hydrogen) atoms. The minimum absolute atomic E-state index is 0.276. The molecule has 4 saturated carbocycles. The van der Waals surface area contributed by atoms with Crippen LogP contribution in [0.5, 0.6) is 0 Å². The summed E-state index contributed by atoms with van der Waals surface area (Å²) in [5, 5.41) is 12.6. The number of tetrazole rings is 1. The largest absolute Gasteiger partial charge is 0.223 e. The van der Waals surface area contributed by atoms with Gasteiger partial charge in [0.2, 0.25) is 0 Å². The van der Waals surface area contributed by atoms with Gasteiger partial charge in [-0.2, -0.15) is 0 Å². The van der Waals surface area contributed by atoms with E-state index in [4.69, 9.17) is 0 Å². The van der Waals surface area contributed by atoms with Crippen molar-refractivity contribution in [2.75, 3.05) is 0 Å². The maximum absolute atomic E-state index is 4.38. The Morgan fingerprint density at radius 3 is 2.11 bits per heavy atom. The lowest BCUT2D eigenvalue weighted by Crippen LogP contribution is -2.52. The van der Waals surface area contributed by atoms with E-state index in [-0.39, 0.29) is 5.54 Å². The third-order valence-electron chi connectivity index (χ3n) is 5.47. The quantitative estimate of drug-likeness (QED) is 0.806. The van der Waals surface area contributed by atoms with E-state index in [1.807, 2.05) is 0 Å². The average molecular weight is 246 g/mol. The molecule has 4 nitrogen and oxygen atoms in total. The summed E-state index contributed by atoms with van der Waals surface area (Å²) in [5.41, 5.74) is 0.276. The van der Waals surface area contributed by atoms with Gasteiger partial charge in [0.25, 0.3) is 0 Å².